The van der Waals surface area contributed by atoms with Crippen LogP contribution in [0.2, 0.25) is 5.02 Å². The van der Waals surface area contributed by atoms with Gasteiger partial charge in [-0.25, -0.2) is 0 Å². The molecule has 0 spiro atoms. The van der Waals surface area contributed by atoms with Gasteiger partial charge in [0, 0.05) is 5.56 Å². The van der Waals surface area contributed by atoms with E-state index in [1.807, 2.05) is 41.8 Å². The third-order valence-electron chi connectivity index (χ3n) is 4.50. The Bertz CT molecular complexity index is 1050. The van der Waals surface area contributed by atoms with Gasteiger partial charge in [-0.15, -0.1) is 10.2 Å². The van der Waals surface area contributed by atoms with Crippen LogP contribution in [0.15, 0.2) is 47.6 Å². The van der Waals surface area contributed by atoms with Crippen molar-refractivity contribution in [3.63, 3.8) is 0 Å². The molecule has 0 bridgehead atoms. The molecule has 1 aromatic heterocycles. The lowest BCUT2D eigenvalue weighted by molar-refractivity contribution is 0.415. The number of nitriles is 1. The predicted octanol–water partition coefficient (Wildman–Crippen LogP) is 5.90. The van der Waals surface area contributed by atoms with Crippen molar-refractivity contribution in [3.05, 3.63) is 53.1 Å². The molecule has 1 atom stereocenters. The zero-order chi connectivity index (χ0) is 21.2. The van der Waals surface area contributed by atoms with E-state index in [-0.39, 0.29) is 10.7 Å². The first-order chi connectivity index (χ1) is 13.7. The second kappa shape index (κ2) is 8.48. The monoisotopic (exact) mass is 426 g/mol. The Morgan fingerprint density at radius 1 is 1.14 bits per heavy atom. The van der Waals surface area contributed by atoms with E-state index in [1.54, 1.807) is 7.11 Å². The van der Waals surface area contributed by atoms with Gasteiger partial charge in [-0.3, -0.25) is 4.57 Å². The molecule has 0 aliphatic carbocycles. The number of benzene rings is 2. The number of halogens is 1. The van der Waals surface area contributed by atoms with Crippen LogP contribution in [-0.4, -0.2) is 27.1 Å². The number of ether oxygens (including phenoxy) is 1. The summed E-state index contributed by atoms with van der Waals surface area (Å²) in [4.78, 5) is 0. The number of thioether (sulfide) groups is 1. The van der Waals surface area contributed by atoms with Crippen LogP contribution >= 0.6 is 23.4 Å². The summed E-state index contributed by atoms with van der Waals surface area (Å²) >= 11 is 7.72. The van der Waals surface area contributed by atoms with Gasteiger partial charge in [0.15, 0.2) is 11.0 Å². The lowest BCUT2D eigenvalue weighted by Crippen LogP contribution is -2.10. The highest BCUT2D eigenvalue weighted by Crippen LogP contribution is 2.34. The van der Waals surface area contributed by atoms with Crippen LogP contribution in [0.25, 0.3) is 17.1 Å². The molecule has 3 aromatic rings. The molecule has 1 heterocycles. The molecule has 0 aliphatic heterocycles. The summed E-state index contributed by atoms with van der Waals surface area (Å²) in [6.45, 7) is 8.38. The van der Waals surface area contributed by atoms with Crippen molar-refractivity contribution in [1.82, 2.24) is 14.8 Å². The second-order valence-electron chi connectivity index (χ2n) is 7.68. The molecule has 5 nitrogen and oxygen atoms in total. The summed E-state index contributed by atoms with van der Waals surface area (Å²) in [5.41, 5.74) is 3.06. The van der Waals surface area contributed by atoms with Crippen molar-refractivity contribution in [2.45, 2.75) is 43.5 Å². The second-order valence-corrected chi connectivity index (χ2v) is 9.39. The van der Waals surface area contributed by atoms with Gasteiger partial charge in [-0.2, -0.15) is 5.26 Å². The fraction of sp³-hybridized carbons (Fsp3) is 0.318. The SMILES string of the molecule is COc1ccc(-n2c(SC(C)C#N)nnc2-c2ccc(C(C)(C)C)cc2)cc1Cl. The maximum absolute atomic E-state index is 9.23. The number of hydrogen-bond donors (Lipinski definition) is 0. The highest BCUT2D eigenvalue weighted by molar-refractivity contribution is 8.00. The fourth-order valence-electron chi connectivity index (χ4n) is 2.86. The zero-order valence-electron chi connectivity index (χ0n) is 17.1. The summed E-state index contributed by atoms with van der Waals surface area (Å²) in [7, 11) is 1.58. The lowest BCUT2D eigenvalue weighted by Gasteiger charge is -2.19. The van der Waals surface area contributed by atoms with Crippen molar-refractivity contribution in [2.75, 3.05) is 7.11 Å². The minimum absolute atomic E-state index is 0.0684. The highest BCUT2D eigenvalue weighted by atomic mass is 35.5. The molecule has 0 N–H and O–H groups in total. The van der Waals surface area contributed by atoms with Gasteiger partial charge >= 0.3 is 0 Å². The molecule has 0 saturated carbocycles. The molecule has 0 amide bonds. The van der Waals surface area contributed by atoms with Crippen molar-refractivity contribution in [3.8, 4) is 28.9 Å². The Labute approximate surface area is 180 Å². The Balaban J connectivity index is 2.13. The molecule has 7 heteroatoms. The number of rotatable bonds is 5. The Morgan fingerprint density at radius 3 is 2.38 bits per heavy atom. The summed E-state index contributed by atoms with van der Waals surface area (Å²) < 4.78 is 7.20. The molecule has 2 aromatic carbocycles. The van der Waals surface area contributed by atoms with Gasteiger partial charge in [0.2, 0.25) is 0 Å². The molecule has 0 aliphatic rings. The molecule has 1 unspecified atom stereocenters. The Hall–Kier alpha value is -2.49. The van der Waals surface area contributed by atoms with E-state index in [0.717, 1.165) is 11.3 Å². The Morgan fingerprint density at radius 2 is 1.83 bits per heavy atom. The molecule has 3 rings (SSSR count). The Kier molecular flexibility index (Phi) is 6.21. The molecule has 0 saturated heterocycles. The van der Waals surface area contributed by atoms with Crippen LogP contribution in [0.1, 0.15) is 33.3 Å². The standard InChI is InChI=1S/C22H23ClN4OS/c1-14(13-24)29-21-26-25-20(15-6-8-16(9-7-15)22(2,3)4)27(21)17-10-11-19(28-5)18(23)12-17/h6-12,14H,1-5H3. The first-order valence-corrected chi connectivity index (χ1v) is 10.5. The van der Waals surface area contributed by atoms with Crippen molar-refractivity contribution in [2.24, 2.45) is 0 Å². The summed E-state index contributed by atoms with van der Waals surface area (Å²) in [5.74, 6) is 1.29. The third-order valence-corrected chi connectivity index (χ3v) is 5.73. The number of methoxy groups -OCH3 is 1. The van der Waals surface area contributed by atoms with E-state index in [9.17, 15) is 5.26 Å². The van der Waals surface area contributed by atoms with E-state index in [4.69, 9.17) is 16.3 Å². The van der Waals surface area contributed by atoms with Crippen molar-refractivity contribution >= 4 is 23.4 Å². The van der Waals surface area contributed by atoms with Gasteiger partial charge in [0.1, 0.15) is 5.75 Å². The molecule has 0 fully saturated rings. The molecule has 29 heavy (non-hydrogen) atoms. The van der Waals surface area contributed by atoms with Crippen molar-refractivity contribution < 1.29 is 4.74 Å². The first kappa shape index (κ1) is 21.2. The smallest absolute Gasteiger partial charge is 0.197 e. The molecular formula is C22H23ClN4OS. The number of aromatic nitrogens is 3. The molecule has 0 radical (unpaired) electrons. The normalized spacial score (nSPS) is 12.4. The van der Waals surface area contributed by atoms with Gasteiger partial charge < -0.3 is 4.74 Å². The van der Waals surface area contributed by atoms with Gasteiger partial charge in [0.25, 0.3) is 0 Å². The largest absolute Gasteiger partial charge is 0.495 e. The van der Waals surface area contributed by atoms with E-state index >= 15 is 0 Å². The minimum Gasteiger partial charge on any atom is -0.495 e. The molecular weight excluding hydrogens is 404 g/mol. The lowest BCUT2D eigenvalue weighted by atomic mass is 9.87. The maximum atomic E-state index is 9.23. The highest BCUT2D eigenvalue weighted by Gasteiger charge is 2.20. The fourth-order valence-corrected chi connectivity index (χ4v) is 3.87. The summed E-state index contributed by atoms with van der Waals surface area (Å²) in [6, 6.07) is 16.1. The predicted molar refractivity (Wildman–Crippen MR) is 118 cm³/mol. The summed E-state index contributed by atoms with van der Waals surface area (Å²) in [6.07, 6.45) is 0. The number of hydrogen-bond acceptors (Lipinski definition) is 5. The van der Waals surface area contributed by atoms with Crippen LogP contribution in [0.5, 0.6) is 5.75 Å². The summed E-state index contributed by atoms with van der Waals surface area (Å²) in [5, 5.41) is 18.9. The van der Waals surface area contributed by atoms with E-state index in [1.165, 1.54) is 17.3 Å². The van der Waals surface area contributed by atoms with Crippen LogP contribution in [-0.2, 0) is 5.41 Å². The third kappa shape index (κ3) is 4.58. The average molecular weight is 427 g/mol. The van der Waals surface area contributed by atoms with Crippen molar-refractivity contribution in [1.29, 1.82) is 5.26 Å². The first-order valence-electron chi connectivity index (χ1n) is 9.21. The average Bonchev–Trinajstić information content (AvgIpc) is 3.10. The van der Waals surface area contributed by atoms with Crippen LogP contribution in [0.4, 0.5) is 0 Å². The maximum Gasteiger partial charge on any atom is 0.197 e. The van der Waals surface area contributed by atoms with Crippen LogP contribution < -0.4 is 4.74 Å². The van der Waals surface area contributed by atoms with Gasteiger partial charge in [0.05, 0.1) is 29.1 Å². The van der Waals surface area contributed by atoms with E-state index in [2.05, 4.69) is 49.2 Å². The van der Waals surface area contributed by atoms with Gasteiger partial charge in [-0.05, 0) is 36.1 Å². The minimum atomic E-state index is -0.261. The van der Waals surface area contributed by atoms with Crippen LogP contribution in [0.3, 0.4) is 0 Å². The quantitative estimate of drug-likeness (QED) is 0.475. The van der Waals surface area contributed by atoms with E-state index < -0.39 is 0 Å². The van der Waals surface area contributed by atoms with Crippen LogP contribution in [0, 0.1) is 11.3 Å². The molecule has 150 valence electrons. The van der Waals surface area contributed by atoms with Gasteiger partial charge in [-0.1, -0.05) is 68.4 Å². The zero-order valence-corrected chi connectivity index (χ0v) is 18.7. The van der Waals surface area contributed by atoms with E-state index in [0.29, 0.717) is 21.8 Å². The number of nitrogens with zero attached hydrogens (tertiary/aromatic N) is 4. The topological polar surface area (TPSA) is 63.7 Å².